The second-order valence-corrected chi connectivity index (χ2v) is 5.49. The fourth-order valence-electron chi connectivity index (χ4n) is 2.53. The molecule has 0 aliphatic carbocycles. The molecule has 5 heteroatoms. The van der Waals surface area contributed by atoms with Gasteiger partial charge in [0.1, 0.15) is 5.82 Å². The van der Waals surface area contributed by atoms with Crippen LogP contribution in [0.2, 0.25) is 5.02 Å². The quantitative estimate of drug-likeness (QED) is 0.877. The van der Waals surface area contributed by atoms with Crippen LogP contribution in [0.15, 0.2) is 24.3 Å². The van der Waals surface area contributed by atoms with Gasteiger partial charge in [0, 0.05) is 24.7 Å². The number of nitrogens with one attached hydrogen (secondary N) is 1. The topological polar surface area (TPSA) is 29.9 Å². The summed E-state index contributed by atoms with van der Waals surface area (Å²) in [5.74, 6) is -0.378. The minimum atomic E-state index is -0.378. The molecule has 0 spiro atoms. The SMILES string of the molecule is CCNC(Cc1cc(C)nn1CC)c1ccc(Cl)c(F)c1. The molecule has 1 unspecified atom stereocenters. The van der Waals surface area contributed by atoms with E-state index in [0.29, 0.717) is 0 Å². The Morgan fingerprint density at radius 3 is 2.71 bits per heavy atom. The van der Waals surface area contributed by atoms with Crippen LogP contribution in [0.5, 0.6) is 0 Å². The van der Waals surface area contributed by atoms with Crippen molar-refractivity contribution in [3.63, 3.8) is 0 Å². The van der Waals surface area contributed by atoms with Crippen LogP contribution < -0.4 is 5.32 Å². The molecule has 0 bridgehead atoms. The first-order valence-corrected chi connectivity index (χ1v) is 7.64. The molecule has 114 valence electrons. The number of aryl methyl sites for hydroxylation is 2. The maximum absolute atomic E-state index is 13.7. The Hall–Kier alpha value is -1.39. The maximum atomic E-state index is 13.7. The van der Waals surface area contributed by atoms with Gasteiger partial charge in [-0.3, -0.25) is 4.68 Å². The lowest BCUT2D eigenvalue weighted by molar-refractivity contribution is 0.512. The van der Waals surface area contributed by atoms with Crippen molar-refractivity contribution in [1.82, 2.24) is 15.1 Å². The van der Waals surface area contributed by atoms with E-state index in [0.717, 1.165) is 36.5 Å². The van der Waals surface area contributed by atoms with Crippen LogP contribution in [0.3, 0.4) is 0 Å². The predicted octanol–water partition coefficient (Wildman–Crippen LogP) is 3.90. The smallest absolute Gasteiger partial charge is 0.142 e. The lowest BCUT2D eigenvalue weighted by atomic mass is 10.0. The molecular formula is C16H21ClFN3. The molecule has 0 amide bonds. The molecule has 0 saturated heterocycles. The number of hydrogen-bond donors (Lipinski definition) is 1. The first kappa shape index (κ1) is 16.0. The Morgan fingerprint density at radius 1 is 1.33 bits per heavy atom. The summed E-state index contributed by atoms with van der Waals surface area (Å²) in [6.07, 6.45) is 0.767. The molecular weight excluding hydrogens is 289 g/mol. The number of aromatic nitrogens is 2. The van der Waals surface area contributed by atoms with Gasteiger partial charge in [-0.05, 0) is 44.2 Å². The van der Waals surface area contributed by atoms with Crippen molar-refractivity contribution in [2.45, 2.75) is 39.8 Å². The molecule has 0 aliphatic heterocycles. The van der Waals surface area contributed by atoms with Gasteiger partial charge >= 0.3 is 0 Å². The number of rotatable bonds is 6. The van der Waals surface area contributed by atoms with Crippen molar-refractivity contribution in [3.8, 4) is 0 Å². The number of halogens is 2. The van der Waals surface area contributed by atoms with Gasteiger partial charge in [0.05, 0.1) is 10.7 Å². The van der Waals surface area contributed by atoms with Crippen molar-refractivity contribution in [2.24, 2.45) is 0 Å². The molecule has 1 aromatic carbocycles. The standard InChI is InChI=1S/C16H21ClFN3/c1-4-19-16(12-6-7-14(17)15(18)9-12)10-13-8-11(3)20-21(13)5-2/h6-9,16,19H,4-5,10H2,1-3H3. The summed E-state index contributed by atoms with van der Waals surface area (Å²) in [4.78, 5) is 0. The molecule has 2 aromatic rings. The monoisotopic (exact) mass is 309 g/mol. The largest absolute Gasteiger partial charge is 0.310 e. The third-order valence-electron chi connectivity index (χ3n) is 3.49. The molecule has 0 aliphatic rings. The molecule has 0 saturated carbocycles. The van der Waals surface area contributed by atoms with Gasteiger partial charge in [0.15, 0.2) is 0 Å². The molecule has 1 heterocycles. The molecule has 1 N–H and O–H groups in total. The van der Waals surface area contributed by atoms with E-state index < -0.39 is 0 Å². The summed E-state index contributed by atoms with van der Waals surface area (Å²) < 4.78 is 15.7. The summed E-state index contributed by atoms with van der Waals surface area (Å²) in [6, 6.07) is 7.12. The van der Waals surface area contributed by atoms with Crippen LogP contribution in [0, 0.1) is 12.7 Å². The molecule has 0 radical (unpaired) electrons. The van der Waals surface area contributed by atoms with Gasteiger partial charge in [0.25, 0.3) is 0 Å². The van der Waals surface area contributed by atoms with E-state index >= 15 is 0 Å². The summed E-state index contributed by atoms with van der Waals surface area (Å²) in [5.41, 5.74) is 3.06. The van der Waals surface area contributed by atoms with E-state index in [-0.39, 0.29) is 16.9 Å². The molecule has 3 nitrogen and oxygen atoms in total. The number of nitrogens with zero attached hydrogens (tertiary/aromatic N) is 2. The normalized spacial score (nSPS) is 12.6. The Bertz CT molecular complexity index is 610. The van der Waals surface area contributed by atoms with Gasteiger partial charge in [0.2, 0.25) is 0 Å². The first-order chi connectivity index (χ1) is 10.0. The van der Waals surface area contributed by atoms with Gasteiger partial charge in [-0.25, -0.2) is 4.39 Å². The van der Waals surface area contributed by atoms with E-state index in [1.807, 2.05) is 24.6 Å². The highest BCUT2D eigenvalue weighted by Crippen LogP contribution is 2.23. The van der Waals surface area contributed by atoms with Crippen LogP contribution in [0.25, 0.3) is 0 Å². The Morgan fingerprint density at radius 2 is 2.10 bits per heavy atom. The lowest BCUT2D eigenvalue weighted by Crippen LogP contribution is -2.24. The third kappa shape index (κ3) is 3.83. The van der Waals surface area contributed by atoms with Crippen LogP contribution >= 0.6 is 11.6 Å². The van der Waals surface area contributed by atoms with Crippen molar-refractivity contribution >= 4 is 11.6 Å². The van der Waals surface area contributed by atoms with Gasteiger partial charge < -0.3 is 5.32 Å². The zero-order chi connectivity index (χ0) is 15.4. The van der Waals surface area contributed by atoms with Crippen LogP contribution in [0.1, 0.15) is 36.8 Å². The van der Waals surface area contributed by atoms with Crippen LogP contribution in [-0.2, 0) is 13.0 Å². The first-order valence-electron chi connectivity index (χ1n) is 7.26. The fourth-order valence-corrected chi connectivity index (χ4v) is 2.65. The average Bonchev–Trinajstić information content (AvgIpc) is 2.81. The van der Waals surface area contributed by atoms with Crippen LogP contribution in [0.4, 0.5) is 4.39 Å². The molecule has 21 heavy (non-hydrogen) atoms. The number of likely N-dealkylation sites (N-methyl/N-ethyl adjacent to an activating group) is 1. The number of hydrogen-bond acceptors (Lipinski definition) is 2. The van der Waals surface area contributed by atoms with E-state index in [4.69, 9.17) is 11.6 Å². The van der Waals surface area contributed by atoms with Gasteiger partial charge in [-0.2, -0.15) is 5.10 Å². The van der Waals surface area contributed by atoms with E-state index in [1.165, 1.54) is 6.07 Å². The molecule has 2 rings (SSSR count). The molecule has 0 fully saturated rings. The maximum Gasteiger partial charge on any atom is 0.142 e. The van der Waals surface area contributed by atoms with Crippen molar-refractivity contribution in [1.29, 1.82) is 0 Å². The minimum Gasteiger partial charge on any atom is -0.310 e. The Labute approximate surface area is 130 Å². The second kappa shape index (κ2) is 7.05. The highest BCUT2D eigenvalue weighted by Gasteiger charge is 2.16. The third-order valence-corrected chi connectivity index (χ3v) is 3.80. The van der Waals surface area contributed by atoms with E-state index in [2.05, 4.69) is 23.4 Å². The summed E-state index contributed by atoms with van der Waals surface area (Å²) >= 11 is 5.76. The highest BCUT2D eigenvalue weighted by atomic mass is 35.5. The minimum absolute atomic E-state index is 0.0446. The summed E-state index contributed by atoms with van der Waals surface area (Å²) in [5, 5.41) is 8.02. The average molecular weight is 310 g/mol. The summed E-state index contributed by atoms with van der Waals surface area (Å²) in [7, 11) is 0. The Kier molecular flexibility index (Phi) is 5.37. The van der Waals surface area contributed by atoms with E-state index in [1.54, 1.807) is 6.07 Å². The molecule has 1 aromatic heterocycles. The molecule has 1 atom stereocenters. The van der Waals surface area contributed by atoms with Crippen LogP contribution in [-0.4, -0.2) is 16.3 Å². The van der Waals surface area contributed by atoms with Crippen molar-refractivity contribution in [3.05, 3.63) is 52.1 Å². The zero-order valence-corrected chi connectivity index (χ0v) is 13.4. The zero-order valence-electron chi connectivity index (χ0n) is 12.7. The highest BCUT2D eigenvalue weighted by molar-refractivity contribution is 6.30. The second-order valence-electron chi connectivity index (χ2n) is 5.08. The van der Waals surface area contributed by atoms with Gasteiger partial charge in [-0.15, -0.1) is 0 Å². The fraction of sp³-hybridized carbons (Fsp3) is 0.438. The van der Waals surface area contributed by atoms with Crippen molar-refractivity contribution < 1.29 is 4.39 Å². The lowest BCUT2D eigenvalue weighted by Gasteiger charge is -2.19. The number of benzene rings is 1. The predicted molar refractivity (Wildman–Crippen MR) is 84.2 cm³/mol. The summed E-state index contributed by atoms with van der Waals surface area (Å²) in [6.45, 7) is 7.74. The van der Waals surface area contributed by atoms with Gasteiger partial charge in [-0.1, -0.05) is 24.6 Å². The Balaban J connectivity index is 2.27. The van der Waals surface area contributed by atoms with E-state index in [9.17, 15) is 4.39 Å². The van der Waals surface area contributed by atoms with Crippen molar-refractivity contribution in [2.75, 3.05) is 6.54 Å².